The summed E-state index contributed by atoms with van der Waals surface area (Å²) in [6, 6.07) is 16.9. The number of hydrogen-bond donors (Lipinski definition) is 0. The molecular formula is C18H16Al2N4. The molecule has 0 aliphatic heterocycles. The molecule has 0 atom stereocenters. The van der Waals surface area contributed by atoms with Gasteiger partial charge in [0, 0.05) is 34.2 Å². The average Bonchev–Trinajstić information content (AvgIpc) is 2.54. The number of aromatic nitrogens is 3. The average molecular weight is 342 g/mol. The molecule has 114 valence electrons. The first kappa shape index (κ1) is 17.1. The van der Waals surface area contributed by atoms with Crippen LogP contribution >= 0.6 is 0 Å². The van der Waals surface area contributed by atoms with Crippen molar-refractivity contribution in [2.45, 2.75) is 13.3 Å². The summed E-state index contributed by atoms with van der Waals surface area (Å²) in [6.45, 7) is 2.13. The molecule has 1 heterocycles. The lowest BCUT2D eigenvalue weighted by molar-refractivity contribution is 0.965. The Balaban J connectivity index is 1.79. The van der Waals surface area contributed by atoms with Crippen LogP contribution in [0.15, 0.2) is 48.5 Å². The van der Waals surface area contributed by atoms with Gasteiger partial charge in [-0.05, 0) is 36.2 Å². The summed E-state index contributed by atoms with van der Waals surface area (Å²) >= 11 is 5.04. The summed E-state index contributed by atoms with van der Waals surface area (Å²) in [5.74, 6) is 0.778. The summed E-state index contributed by atoms with van der Waals surface area (Å²) in [5, 5.41) is 0. The second-order valence-corrected chi connectivity index (χ2v) is 6.69. The number of rotatable bonds is 4. The molecule has 0 bridgehead atoms. The van der Waals surface area contributed by atoms with Gasteiger partial charge in [-0.15, -0.1) is 0 Å². The molecule has 0 unspecified atom stereocenters. The first-order chi connectivity index (χ1) is 11.5. The molecule has 3 rings (SSSR count). The Labute approximate surface area is 158 Å². The molecule has 0 N–H and O–H groups in total. The first-order valence-corrected chi connectivity index (χ1v) is 8.82. The summed E-state index contributed by atoms with van der Waals surface area (Å²) in [4.78, 5) is 15.1. The maximum absolute atomic E-state index is 4.36. The highest BCUT2D eigenvalue weighted by Gasteiger charge is 2.07. The predicted octanol–water partition coefficient (Wildman–Crippen LogP) is 1.13. The van der Waals surface area contributed by atoms with Crippen LogP contribution in [0.4, 0.5) is 11.4 Å². The van der Waals surface area contributed by atoms with E-state index in [1.807, 2.05) is 0 Å². The molecule has 0 aliphatic carbocycles. The summed E-state index contributed by atoms with van der Waals surface area (Å²) in [6.07, 6.45) is 0.694. The lowest BCUT2D eigenvalue weighted by Crippen LogP contribution is -2.29. The molecule has 2 aromatic carbocycles. The third-order valence-electron chi connectivity index (χ3n) is 3.88. The van der Waals surface area contributed by atoms with Crippen molar-refractivity contribution in [2.75, 3.05) is 11.9 Å². The van der Waals surface area contributed by atoms with Crippen LogP contribution in [0.25, 0.3) is 0 Å². The van der Waals surface area contributed by atoms with Crippen LogP contribution in [0.2, 0.25) is 0 Å². The van der Waals surface area contributed by atoms with E-state index in [0.717, 1.165) is 11.5 Å². The van der Waals surface area contributed by atoms with E-state index in [2.05, 4.69) is 115 Å². The second-order valence-electron chi connectivity index (χ2n) is 5.66. The standard InChI is InChI=1S/C18H16N4.2Al/c1-14-5-3-4-6-17(14)22(2)16-9-7-15(8-10-16)11-18-20-12-19-13-21-18;;/h3-10H,11H2,1-2H3;;. The summed E-state index contributed by atoms with van der Waals surface area (Å²) < 4.78 is 1.34. The Hall–Kier alpha value is -1.69. The van der Waals surface area contributed by atoms with E-state index in [1.165, 1.54) is 16.8 Å². The van der Waals surface area contributed by atoms with Gasteiger partial charge in [0.25, 0.3) is 0 Å². The maximum Gasteiger partial charge on any atom is 0.244 e. The second kappa shape index (κ2) is 7.47. The molecular weight excluding hydrogens is 326 g/mol. The van der Waals surface area contributed by atoms with Crippen molar-refractivity contribution in [3.05, 3.63) is 65.5 Å². The molecule has 1 aromatic heterocycles. The zero-order valence-corrected chi connectivity index (χ0v) is 16.1. The van der Waals surface area contributed by atoms with Gasteiger partial charge in [0.1, 0.15) is 5.82 Å². The van der Waals surface area contributed by atoms with E-state index in [9.17, 15) is 0 Å². The predicted molar refractivity (Wildman–Crippen MR) is 99.1 cm³/mol. The van der Waals surface area contributed by atoms with Crippen molar-refractivity contribution >= 4 is 53.3 Å². The number of aryl methyl sites for hydroxylation is 1. The molecule has 4 nitrogen and oxygen atoms in total. The topological polar surface area (TPSA) is 41.9 Å². The van der Waals surface area contributed by atoms with E-state index in [4.69, 9.17) is 0 Å². The highest BCUT2D eigenvalue weighted by atomic mass is 27.1. The van der Waals surface area contributed by atoms with Gasteiger partial charge in [0.2, 0.25) is 32.6 Å². The van der Waals surface area contributed by atoms with Gasteiger partial charge in [0.15, 0.2) is 0 Å². The van der Waals surface area contributed by atoms with E-state index in [-0.39, 0.29) is 0 Å². The summed E-state index contributed by atoms with van der Waals surface area (Å²) in [7, 11) is 2.09. The fourth-order valence-electron chi connectivity index (χ4n) is 2.63. The molecule has 0 fully saturated rings. The zero-order chi connectivity index (χ0) is 17.1. The van der Waals surface area contributed by atoms with E-state index in [0.29, 0.717) is 15.8 Å². The lowest BCUT2D eigenvalue weighted by Gasteiger charge is -2.21. The number of benzene rings is 2. The largest absolute Gasteiger partial charge is 0.344 e. The van der Waals surface area contributed by atoms with Gasteiger partial charge >= 0.3 is 0 Å². The highest BCUT2D eigenvalue weighted by molar-refractivity contribution is 6.32. The Morgan fingerprint density at radius 1 is 0.875 bits per heavy atom. The van der Waals surface area contributed by atoms with Crippen LogP contribution in [-0.4, -0.2) is 54.6 Å². The van der Waals surface area contributed by atoms with Gasteiger partial charge in [-0.25, -0.2) is 9.97 Å². The van der Waals surface area contributed by atoms with Crippen LogP contribution in [0.3, 0.4) is 0 Å². The Morgan fingerprint density at radius 3 is 2.12 bits per heavy atom. The molecule has 24 heavy (non-hydrogen) atoms. The SMILES string of the molecule is Cc1ccccc1N(C)c1ccc(Cc2n[c]([Al])n[c]([Al])n2)cc1. The van der Waals surface area contributed by atoms with Gasteiger partial charge in [0.05, 0.1) is 0 Å². The van der Waals surface area contributed by atoms with Crippen LogP contribution in [0, 0.1) is 6.92 Å². The van der Waals surface area contributed by atoms with Crippen molar-refractivity contribution in [3.63, 3.8) is 0 Å². The molecule has 0 amide bonds. The van der Waals surface area contributed by atoms with E-state index >= 15 is 0 Å². The third-order valence-corrected chi connectivity index (χ3v) is 4.40. The Kier molecular flexibility index (Phi) is 5.34. The molecule has 0 aliphatic rings. The van der Waals surface area contributed by atoms with E-state index < -0.39 is 0 Å². The molecule has 6 heteroatoms. The molecule has 3 aromatic rings. The van der Waals surface area contributed by atoms with Crippen LogP contribution in [-0.2, 0) is 6.42 Å². The van der Waals surface area contributed by atoms with Crippen LogP contribution < -0.4 is 14.3 Å². The fraction of sp³-hybridized carbons (Fsp3) is 0.167. The Bertz CT molecular complexity index is 830. The highest BCUT2D eigenvalue weighted by Crippen LogP contribution is 2.26. The minimum absolute atomic E-state index is 0.668. The number of hydrogen-bond acceptors (Lipinski definition) is 4. The normalized spacial score (nSPS) is 10.6. The zero-order valence-electron chi connectivity index (χ0n) is 13.8. The molecule has 0 saturated carbocycles. The quantitative estimate of drug-likeness (QED) is 0.667. The van der Waals surface area contributed by atoms with Gasteiger partial charge in [-0.3, -0.25) is 4.98 Å². The van der Waals surface area contributed by atoms with Crippen molar-refractivity contribution in [2.24, 2.45) is 0 Å². The number of para-hydroxylation sites is 1. The maximum atomic E-state index is 4.36. The Morgan fingerprint density at radius 2 is 1.50 bits per heavy atom. The molecule has 4 radical (unpaired) electrons. The van der Waals surface area contributed by atoms with Crippen molar-refractivity contribution in [1.82, 2.24) is 15.0 Å². The molecule has 0 saturated heterocycles. The summed E-state index contributed by atoms with van der Waals surface area (Å²) in [5.41, 5.74) is 4.80. The van der Waals surface area contributed by atoms with Crippen molar-refractivity contribution in [1.29, 1.82) is 0 Å². The fourth-order valence-corrected chi connectivity index (χ4v) is 3.35. The van der Waals surface area contributed by atoms with Crippen LogP contribution in [0.5, 0.6) is 0 Å². The molecule has 0 spiro atoms. The van der Waals surface area contributed by atoms with Crippen LogP contribution in [0.1, 0.15) is 17.0 Å². The van der Waals surface area contributed by atoms with Crippen molar-refractivity contribution in [3.8, 4) is 0 Å². The monoisotopic (exact) mass is 342 g/mol. The van der Waals surface area contributed by atoms with Gasteiger partial charge in [-0.1, -0.05) is 30.3 Å². The first-order valence-electron chi connectivity index (χ1n) is 7.67. The minimum Gasteiger partial charge on any atom is -0.344 e. The smallest absolute Gasteiger partial charge is 0.244 e. The number of nitrogens with zero attached hydrogens (tertiary/aromatic N) is 4. The minimum atomic E-state index is 0.668. The third kappa shape index (κ3) is 4.04. The van der Waals surface area contributed by atoms with Crippen molar-refractivity contribution < 1.29 is 0 Å². The van der Waals surface area contributed by atoms with Gasteiger partial charge < -0.3 is 4.90 Å². The number of anilines is 2. The van der Waals surface area contributed by atoms with E-state index in [1.54, 1.807) is 0 Å². The lowest BCUT2D eigenvalue weighted by atomic mass is 10.1. The van der Waals surface area contributed by atoms with Gasteiger partial charge in [-0.2, -0.15) is 0 Å².